The van der Waals surface area contributed by atoms with Gasteiger partial charge in [0.15, 0.2) is 5.60 Å². The van der Waals surface area contributed by atoms with Crippen molar-refractivity contribution in [1.29, 1.82) is 0 Å². The summed E-state index contributed by atoms with van der Waals surface area (Å²) in [6.45, 7) is 9.02. The number of carbonyl (C=O) groups excluding carboxylic acids is 1. The van der Waals surface area contributed by atoms with Gasteiger partial charge in [0.25, 0.3) is 0 Å². The molecule has 6 heteroatoms. The van der Waals surface area contributed by atoms with Gasteiger partial charge in [-0.1, -0.05) is 20.8 Å². The van der Waals surface area contributed by atoms with Crippen molar-refractivity contribution in [3.8, 4) is 0 Å². The summed E-state index contributed by atoms with van der Waals surface area (Å²) < 4.78 is 24.7. The van der Waals surface area contributed by atoms with Gasteiger partial charge < -0.3 is 24.1 Å². The van der Waals surface area contributed by atoms with E-state index in [-0.39, 0.29) is 35.4 Å². The van der Waals surface area contributed by atoms with Crippen molar-refractivity contribution in [2.75, 3.05) is 6.61 Å². The lowest BCUT2D eigenvalue weighted by molar-refractivity contribution is -0.136. The SMILES string of the molecule is CC(C)[C@]12O[C@@]1(C)C1OC13[C@]1(O[C@H]1C[C@H]1C4=C(CC[C@@]13C)C(=O)OC4)[C@@H]2O. The highest BCUT2D eigenvalue weighted by molar-refractivity contribution is 5.92. The van der Waals surface area contributed by atoms with Gasteiger partial charge >= 0.3 is 5.97 Å². The van der Waals surface area contributed by atoms with Crippen molar-refractivity contribution in [1.82, 2.24) is 0 Å². The number of hydrogen-bond donors (Lipinski definition) is 1. The Morgan fingerprint density at radius 3 is 2.74 bits per heavy atom. The first kappa shape index (κ1) is 15.9. The summed E-state index contributed by atoms with van der Waals surface area (Å²) >= 11 is 0. The van der Waals surface area contributed by atoms with E-state index in [9.17, 15) is 9.90 Å². The Bertz CT molecular complexity index is 865. The molecular weight excluding hydrogens is 348 g/mol. The maximum atomic E-state index is 12.1. The fourth-order valence-corrected chi connectivity index (χ4v) is 8.29. The number of esters is 1. The molecule has 0 aromatic carbocycles. The smallest absolute Gasteiger partial charge is 0.334 e. The van der Waals surface area contributed by atoms with Crippen LogP contribution < -0.4 is 0 Å². The van der Waals surface area contributed by atoms with Crippen molar-refractivity contribution in [2.45, 2.75) is 87.7 Å². The number of ether oxygens (including phenoxy) is 4. The second-order valence-electron chi connectivity index (χ2n) is 10.5. The van der Waals surface area contributed by atoms with Crippen LogP contribution in [-0.4, -0.2) is 58.4 Å². The molecule has 3 aliphatic carbocycles. The number of hydrogen-bond acceptors (Lipinski definition) is 6. The molecule has 2 spiro atoms. The summed E-state index contributed by atoms with van der Waals surface area (Å²) in [5.74, 6) is 0.247. The number of cyclic esters (lactones) is 1. The highest BCUT2D eigenvalue weighted by Gasteiger charge is 3.03. The van der Waals surface area contributed by atoms with E-state index >= 15 is 0 Å². The van der Waals surface area contributed by atoms with Gasteiger partial charge in [-0.15, -0.1) is 0 Å². The molecule has 2 unspecified atom stereocenters. The van der Waals surface area contributed by atoms with Crippen molar-refractivity contribution in [2.24, 2.45) is 17.3 Å². The third-order valence-corrected chi connectivity index (χ3v) is 9.62. The van der Waals surface area contributed by atoms with Gasteiger partial charge in [-0.05, 0) is 43.6 Å². The van der Waals surface area contributed by atoms with Crippen molar-refractivity contribution < 1.29 is 28.8 Å². The first-order chi connectivity index (χ1) is 12.7. The average molecular weight is 374 g/mol. The highest BCUT2D eigenvalue weighted by Crippen LogP contribution is 2.85. The molecular formula is C21H26O6. The van der Waals surface area contributed by atoms with Crippen molar-refractivity contribution in [3.05, 3.63) is 11.1 Å². The van der Waals surface area contributed by atoms with Gasteiger partial charge in [-0.3, -0.25) is 0 Å². The molecule has 27 heavy (non-hydrogen) atoms. The maximum Gasteiger partial charge on any atom is 0.334 e. The van der Waals surface area contributed by atoms with E-state index < -0.39 is 28.5 Å². The molecule has 2 saturated carbocycles. The molecule has 1 N–H and O–H groups in total. The summed E-state index contributed by atoms with van der Waals surface area (Å²) in [4.78, 5) is 12.1. The van der Waals surface area contributed by atoms with Gasteiger partial charge in [-0.2, -0.15) is 0 Å². The lowest BCUT2D eigenvalue weighted by Gasteiger charge is -2.54. The molecule has 0 radical (unpaired) electrons. The van der Waals surface area contributed by atoms with E-state index in [2.05, 4.69) is 27.7 Å². The Morgan fingerprint density at radius 1 is 1.22 bits per heavy atom. The zero-order valence-electron chi connectivity index (χ0n) is 16.2. The standard InChI is InChI=1S/C21H26O6/c1-9(2)19-15(23)20-13(25-20)7-12-11-8-24-14(22)10(11)5-6-17(12,3)21(20)16(26-21)18(19,4)27-19/h9,12-13,15-16,23H,5-8H2,1-4H3/t12-,13-,15+,16?,17-,18-,19+,20+,21?/m0/s1. The quantitative estimate of drug-likeness (QED) is 0.553. The highest BCUT2D eigenvalue weighted by atomic mass is 16.8. The molecule has 7 aliphatic rings. The van der Waals surface area contributed by atoms with E-state index in [4.69, 9.17) is 18.9 Å². The molecule has 0 amide bonds. The zero-order valence-corrected chi connectivity index (χ0v) is 16.2. The van der Waals surface area contributed by atoms with Crippen LogP contribution in [0.5, 0.6) is 0 Å². The fraction of sp³-hybridized carbons (Fsp3) is 0.857. The first-order valence-electron chi connectivity index (χ1n) is 10.3. The van der Waals surface area contributed by atoms with E-state index in [1.54, 1.807) is 0 Å². The fourth-order valence-electron chi connectivity index (χ4n) is 8.29. The predicted molar refractivity (Wildman–Crippen MR) is 91.7 cm³/mol. The van der Waals surface area contributed by atoms with E-state index in [0.29, 0.717) is 6.61 Å². The summed E-state index contributed by atoms with van der Waals surface area (Å²) in [5, 5.41) is 11.6. The van der Waals surface area contributed by atoms with Gasteiger partial charge in [0, 0.05) is 11.0 Å². The van der Waals surface area contributed by atoms with Gasteiger partial charge in [0.2, 0.25) is 0 Å². The van der Waals surface area contributed by atoms with Crippen LogP contribution in [0, 0.1) is 17.3 Å². The number of epoxide rings is 3. The van der Waals surface area contributed by atoms with Crippen LogP contribution >= 0.6 is 0 Å². The summed E-state index contributed by atoms with van der Waals surface area (Å²) in [6.07, 6.45) is 1.62. The lowest BCUT2D eigenvalue weighted by atomic mass is 9.45. The molecule has 4 aliphatic heterocycles. The Labute approximate surface area is 158 Å². The molecule has 7 rings (SSSR count). The van der Waals surface area contributed by atoms with Gasteiger partial charge in [0.1, 0.15) is 35.6 Å². The van der Waals surface area contributed by atoms with Crippen LogP contribution in [-0.2, 0) is 23.7 Å². The Balaban J connectivity index is 1.40. The second kappa shape index (κ2) is 3.89. The maximum absolute atomic E-state index is 12.1. The minimum Gasteiger partial charge on any atom is -0.458 e. The molecule has 5 fully saturated rings. The number of fused-ring (bicyclic) bond motifs is 4. The second-order valence-corrected chi connectivity index (χ2v) is 10.5. The van der Waals surface area contributed by atoms with Crippen molar-refractivity contribution >= 4 is 5.97 Å². The van der Waals surface area contributed by atoms with Crippen LogP contribution in [0.2, 0.25) is 0 Å². The van der Waals surface area contributed by atoms with E-state index in [1.165, 1.54) is 0 Å². The molecule has 146 valence electrons. The molecule has 0 bridgehead atoms. The first-order valence-corrected chi connectivity index (χ1v) is 10.3. The number of aliphatic hydroxyl groups is 1. The summed E-state index contributed by atoms with van der Waals surface area (Å²) in [6, 6.07) is 0. The monoisotopic (exact) mass is 374 g/mol. The van der Waals surface area contributed by atoms with Crippen molar-refractivity contribution in [3.63, 3.8) is 0 Å². The Hall–Kier alpha value is -0.950. The average Bonchev–Trinajstić information content (AvgIpc) is 3.50. The third-order valence-electron chi connectivity index (χ3n) is 9.62. The minimum atomic E-state index is -0.687. The predicted octanol–water partition coefficient (Wildman–Crippen LogP) is 1.49. The number of aliphatic hydroxyl groups excluding tert-OH is 1. The van der Waals surface area contributed by atoms with Crippen LogP contribution in [0.15, 0.2) is 11.1 Å². The largest absolute Gasteiger partial charge is 0.458 e. The van der Waals surface area contributed by atoms with E-state index in [0.717, 1.165) is 30.4 Å². The van der Waals surface area contributed by atoms with Crippen LogP contribution in [0.1, 0.15) is 47.0 Å². The lowest BCUT2D eigenvalue weighted by Crippen LogP contribution is -2.70. The molecule has 4 heterocycles. The van der Waals surface area contributed by atoms with Crippen LogP contribution in [0.3, 0.4) is 0 Å². The topological polar surface area (TPSA) is 84.1 Å². The number of rotatable bonds is 1. The Morgan fingerprint density at radius 2 is 2.00 bits per heavy atom. The molecule has 0 aromatic heterocycles. The summed E-state index contributed by atoms with van der Waals surface area (Å²) in [7, 11) is 0. The van der Waals surface area contributed by atoms with Crippen LogP contribution in [0.4, 0.5) is 0 Å². The Kier molecular flexibility index (Phi) is 2.29. The third kappa shape index (κ3) is 1.21. The molecule has 6 nitrogen and oxygen atoms in total. The molecule has 9 atom stereocenters. The molecule has 0 aromatic rings. The number of carbonyl (C=O) groups is 1. The van der Waals surface area contributed by atoms with E-state index in [1.807, 2.05) is 0 Å². The minimum absolute atomic E-state index is 0.0393. The zero-order chi connectivity index (χ0) is 18.8. The molecule has 3 saturated heterocycles. The van der Waals surface area contributed by atoms with Gasteiger partial charge in [-0.25, -0.2) is 4.79 Å². The van der Waals surface area contributed by atoms with Crippen LogP contribution in [0.25, 0.3) is 0 Å². The normalized spacial score (nSPS) is 64.0. The van der Waals surface area contributed by atoms with Gasteiger partial charge in [0.05, 0.1) is 6.10 Å². The summed E-state index contributed by atoms with van der Waals surface area (Å²) in [5.41, 5.74) is -0.396.